The molecule has 1 aromatic rings. The molecule has 0 bridgehead atoms. The maximum atomic E-state index is 12.3. The Bertz CT molecular complexity index is 502. The first-order valence-corrected chi connectivity index (χ1v) is 10.2. The molecule has 0 aliphatic carbocycles. The van der Waals surface area contributed by atoms with E-state index in [0.29, 0.717) is 37.8 Å². The normalized spacial score (nSPS) is 12.2. The summed E-state index contributed by atoms with van der Waals surface area (Å²) in [7, 11) is 0. The van der Waals surface area contributed by atoms with Crippen LogP contribution < -0.4 is 9.47 Å². The highest BCUT2D eigenvalue weighted by Crippen LogP contribution is 2.32. The molecule has 0 aliphatic heterocycles. The molecule has 0 heterocycles. The molecule has 0 spiro atoms. The van der Waals surface area contributed by atoms with E-state index in [4.69, 9.17) is 9.47 Å². The van der Waals surface area contributed by atoms with E-state index in [0.717, 1.165) is 44.0 Å². The Morgan fingerprint density at radius 2 is 1.50 bits per heavy atom. The molecule has 0 radical (unpaired) electrons. The van der Waals surface area contributed by atoms with Gasteiger partial charge in [0.15, 0.2) is 0 Å². The van der Waals surface area contributed by atoms with Crippen molar-refractivity contribution in [3.05, 3.63) is 23.8 Å². The molecule has 0 fully saturated rings. The minimum atomic E-state index is 0.354. The van der Waals surface area contributed by atoms with E-state index in [1.807, 2.05) is 19.9 Å². The quantitative estimate of drug-likeness (QED) is 0.463. The fraction of sp³-hybridized carbons (Fsp3) is 0.682. The highest BCUT2D eigenvalue weighted by Gasteiger charge is 2.15. The fourth-order valence-corrected chi connectivity index (χ4v) is 3.22. The van der Waals surface area contributed by atoms with Crippen LogP contribution in [-0.4, -0.2) is 43.5 Å². The van der Waals surface area contributed by atoms with Gasteiger partial charge in [0.1, 0.15) is 17.3 Å². The molecule has 1 unspecified atom stereocenters. The van der Waals surface area contributed by atoms with Gasteiger partial charge in [-0.15, -0.1) is 0 Å². The number of ether oxygens (including phenoxy) is 2. The van der Waals surface area contributed by atoms with Crippen molar-refractivity contribution in [3.63, 3.8) is 0 Å². The SMILES string of the molecule is CCOc1cc(OCC)cc(C(CC)CCC(=O)CCN(CC)CC)c1. The molecular weight excluding hydrogens is 326 g/mol. The summed E-state index contributed by atoms with van der Waals surface area (Å²) in [5.74, 6) is 2.41. The predicted molar refractivity (Wildman–Crippen MR) is 108 cm³/mol. The van der Waals surface area contributed by atoms with Crippen molar-refractivity contribution in [1.29, 1.82) is 0 Å². The summed E-state index contributed by atoms with van der Waals surface area (Å²) in [5.41, 5.74) is 1.21. The summed E-state index contributed by atoms with van der Waals surface area (Å²) in [6, 6.07) is 6.14. The largest absolute Gasteiger partial charge is 0.494 e. The molecule has 4 heteroatoms. The van der Waals surface area contributed by atoms with E-state index in [9.17, 15) is 4.79 Å². The molecule has 1 rings (SSSR count). The molecule has 0 saturated carbocycles. The Hall–Kier alpha value is -1.55. The number of hydrogen-bond acceptors (Lipinski definition) is 4. The van der Waals surface area contributed by atoms with Crippen molar-refractivity contribution in [2.24, 2.45) is 0 Å². The van der Waals surface area contributed by atoms with Crippen LogP contribution in [0.3, 0.4) is 0 Å². The van der Waals surface area contributed by atoms with Crippen LogP contribution in [0.4, 0.5) is 0 Å². The molecular formula is C22H37NO3. The van der Waals surface area contributed by atoms with E-state index in [-0.39, 0.29) is 0 Å². The van der Waals surface area contributed by atoms with Crippen LogP contribution in [0.5, 0.6) is 11.5 Å². The summed E-state index contributed by atoms with van der Waals surface area (Å²) in [4.78, 5) is 14.6. The Labute approximate surface area is 159 Å². The lowest BCUT2D eigenvalue weighted by Crippen LogP contribution is -2.25. The highest BCUT2D eigenvalue weighted by atomic mass is 16.5. The van der Waals surface area contributed by atoms with E-state index < -0.39 is 0 Å². The molecule has 0 aliphatic rings. The Kier molecular flexibility index (Phi) is 11.0. The van der Waals surface area contributed by atoms with Gasteiger partial charge in [-0.3, -0.25) is 4.79 Å². The topological polar surface area (TPSA) is 38.8 Å². The first-order chi connectivity index (χ1) is 12.6. The second-order valence-corrected chi connectivity index (χ2v) is 6.56. The molecule has 1 aromatic carbocycles. The van der Waals surface area contributed by atoms with Crippen molar-refractivity contribution in [1.82, 2.24) is 4.90 Å². The van der Waals surface area contributed by atoms with Crippen LogP contribution in [0.25, 0.3) is 0 Å². The molecule has 26 heavy (non-hydrogen) atoms. The van der Waals surface area contributed by atoms with E-state index >= 15 is 0 Å². The number of benzene rings is 1. The van der Waals surface area contributed by atoms with Gasteiger partial charge in [-0.25, -0.2) is 0 Å². The van der Waals surface area contributed by atoms with Crippen LogP contribution in [0, 0.1) is 0 Å². The third-order valence-electron chi connectivity index (χ3n) is 4.86. The summed E-state index contributed by atoms with van der Waals surface area (Å²) in [5, 5.41) is 0. The average Bonchev–Trinajstić information content (AvgIpc) is 2.63. The Balaban J connectivity index is 2.70. The number of nitrogens with zero attached hydrogens (tertiary/aromatic N) is 1. The molecule has 4 nitrogen and oxygen atoms in total. The number of Topliss-reactive ketones (excluding diaryl/α,β-unsaturated/α-hetero) is 1. The van der Waals surface area contributed by atoms with Crippen molar-refractivity contribution >= 4 is 5.78 Å². The summed E-state index contributed by atoms with van der Waals surface area (Å²) >= 11 is 0. The number of carbonyl (C=O) groups is 1. The number of carbonyl (C=O) groups excluding carboxylic acids is 1. The summed E-state index contributed by atoms with van der Waals surface area (Å²) in [6.45, 7) is 14.6. The second kappa shape index (κ2) is 12.7. The van der Waals surface area contributed by atoms with Crippen molar-refractivity contribution in [3.8, 4) is 11.5 Å². The summed E-state index contributed by atoms with van der Waals surface area (Å²) < 4.78 is 11.4. The maximum Gasteiger partial charge on any atom is 0.134 e. The minimum Gasteiger partial charge on any atom is -0.494 e. The average molecular weight is 364 g/mol. The lowest BCUT2D eigenvalue weighted by molar-refractivity contribution is -0.119. The van der Waals surface area contributed by atoms with Gasteiger partial charge in [0.25, 0.3) is 0 Å². The Morgan fingerprint density at radius 3 is 1.96 bits per heavy atom. The summed E-state index contributed by atoms with van der Waals surface area (Å²) in [6.07, 6.45) is 3.18. The highest BCUT2D eigenvalue weighted by molar-refractivity contribution is 5.78. The van der Waals surface area contributed by atoms with E-state index in [1.54, 1.807) is 0 Å². The third kappa shape index (κ3) is 7.77. The molecule has 0 aromatic heterocycles. The maximum absolute atomic E-state index is 12.3. The van der Waals surface area contributed by atoms with Gasteiger partial charge in [0.2, 0.25) is 0 Å². The van der Waals surface area contributed by atoms with Gasteiger partial charge >= 0.3 is 0 Å². The molecule has 0 saturated heterocycles. The van der Waals surface area contributed by atoms with E-state index in [2.05, 4.69) is 37.8 Å². The zero-order valence-electron chi connectivity index (χ0n) is 17.3. The van der Waals surface area contributed by atoms with Gasteiger partial charge < -0.3 is 14.4 Å². The third-order valence-corrected chi connectivity index (χ3v) is 4.86. The monoisotopic (exact) mass is 363 g/mol. The Morgan fingerprint density at radius 1 is 0.923 bits per heavy atom. The number of hydrogen-bond donors (Lipinski definition) is 0. The second-order valence-electron chi connectivity index (χ2n) is 6.56. The van der Waals surface area contributed by atoms with E-state index in [1.165, 1.54) is 5.56 Å². The van der Waals surface area contributed by atoms with Gasteiger partial charge in [-0.1, -0.05) is 20.8 Å². The molecule has 1 atom stereocenters. The first-order valence-electron chi connectivity index (χ1n) is 10.2. The van der Waals surface area contributed by atoms with Gasteiger partial charge in [0.05, 0.1) is 13.2 Å². The van der Waals surface area contributed by atoms with Gasteiger partial charge in [0, 0.05) is 25.5 Å². The molecule has 0 amide bonds. The van der Waals surface area contributed by atoms with Crippen LogP contribution in [0.15, 0.2) is 18.2 Å². The molecule has 148 valence electrons. The van der Waals surface area contributed by atoms with Crippen LogP contribution in [-0.2, 0) is 4.79 Å². The van der Waals surface area contributed by atoms with Crippen molar-refractivity contribution in [2.75, 3.05) is 32.8 Å². The standard InChI is InChI=1S/C22H37NO3/c1-6-18(11-12-20(24)13-14-23(7-2)8-3)19-15-21(25-9-4)17-22(16-19)26-10-5/h15-18H,6-14H2,1-5H3. The molecule has 0 N–H and O–H groups in total. The van der Waals surface area contributed by atoms with Crippen molar-refractivity contribution in [2.45, 2.75) is 66.2 Å². The smallest absolute Gasteiger partial charge is 0.134 e. The lowest BCUT2D eigenvalue weighted by Gasteiger charge is -2.19. The first kappa shape index (κ1) is 22.5. The predicted octanol–water partition coefficient (Wildman–Crippen LogP) is 5.06. The van der Waals surface area contributed by atoms with Gasteiger partial charge in [-0.05, 0) is 63.4 Å². The van der Waals surface area contributed by atoms with Gasteiger partial charge in [-0.2, -0.15) is 0 Å². The number of ketones is 1. The van der Waals surface area contributed by atoms with Crippen LogP contribution in [0.1, 0.15) is 71.8 Å². The number of rotatable bonds is 14. The minimum absolute atomic E-state index is 0.354. The van der Waals surface area contributed by atoms with Crippen molar-refractivity contribution < 1.29 is 14.3 Å². The lowest BCUT2D eigenvalue weighted by atomic mass is 9.90. The fourth-order valence-electron chi connectivity index (χ4n) is 3.22. The zero-order valence-corrected chi connectivity index (χ0v) is 17.3. The zero-order chi connectivity index (χ0) is 19.4. The van der Waals surface area contributed by atoms with Crippen LogP contribution >= 0.6 is 0 Å². The van der Waals surface area contributed by atoms with Crippen LogP contribution in [0.2, 0.25) is 0 Å².